The van der Waals surface area contributed by atoms with E-state index in [2.05, 4.69) is 15.2 Å². The van der Waals surface area contributed by atoms with E-state index in [0.717, 1.165) is 0 Å². The molecule has 2 aromatic rings. The second-order valence-electron chi connectivity index (χ2n) is 7.34. The lowest BCUT2D eigenvalue weighted by molar-refractivity contribution is -0.277. The minimum Gasteiger partial charge on any atom is -0.465 e. The number of anilines is 1. The zero-order valence-corrected chi connectivity index (χ0v) is 16.3. The van der Waals surface area contributed by atoms with Crippen molar-refractivity contribution in [1.29, 1.82) is 0 Å². The third kappa shape index (κ3) is 4.79. The fourth-order valence-corrected chi connectivity index (χ4v) is 3.42. The summed E-state index contributed by atoms with van der Waals surface area (Å²) in [5.74, 6) is -1.97. The second-order valence-corrected chi connectivity index (χ2v) is 7.34. The molecule has 1 aliphatic heterocycles. The zero-order chi connectivity index (χ0) is 23.7. The molecule has 1 aliphatic rings. The molecule has 176 valence electrons. The Morgan fingerprint density at radius 3 is 2.34 bits per heavy atom. The summed E-state index contributed by atoms with van der Waals surface area (Å²) in [4.78, 5) is 14.9. The average molecular weight is 468 g/mol. The van der Waals surface area contributed by atoms with E-state index in [1.165, 1.54) is 0 Å². The van der Waals surface area contributed by atoms with Crippen LogP contribution in [0, 0.1) is 0 Å². The highest BCUT2D eigenvalue weighted by molar-refractivity contribution is 5.88. The Hall–Kier alpha value is -2.90. The van der Waals surface area contributed by atoms with E-state index in [9.17, 15) is 36.2 Å². The molecule has 1 unspecified atom stereocenters. The molecular weight excluding hydrogens is 450 g/mol. The lowest BCUT2D eigenvalue weighted by atomic mass is 9.94. The topological polar surface area (TPSA) is 121 Å². The Labute approximate surface area is 176 Å². The Morgan fingerprint density at radius 1 is 1.06 bits per heavy atom. The van der Waals surface area contributed by atoms with Gasteiger partial charge in [-0.25, -0.2) is 9.78 Å². The molecular formula is C18H18F6N4O4. The van der Waals surface area contributed by atoms with Crippen LogP contribution < -0.4 is 5.32 Å². The van der Waals surface area contributed by atoms with Gasteiger partial charge in [-0.15, -0.1) is 10.2 Å². The van der Waals surface area contributed by atoms with E-state index in [4.69, 9.17) is 9.52 Å². The summed E-state index contributed by atoms with van der Waals surface area (Å²) in [6.45, 7) is 0. The highest BCUT2D eigenvalue weighted by Crippen LogP contribution is 2.44. The molecule has 0 aliphatic carbocycles. The first-order valence-electron chi connectivity index (χ1n) is 9.57. The van der Waals surface area contributed by atoms with Gasteiger partial charge in [0, 0.05) is 0 Å². The van der Waals surface area contributed by atoms with Gasteiger partial charge < -0.3 is 14.6 Å². The number of aromatic nitrogens is 3. The number of alkyl halides is 6. The maximum atomic E-state index is 13.6. The van der Waals surface area contributed by atoms with Crippen LogP contribution in [0.4, 0.5) is 36.8 Å². The second kappa shape index (κ2) is 8.56. The van der Waals surface area contributed by atoms with E-state index in [0.29, 0.717) is 25.3 Å². The molecule has 14 heteroatoms. The molecule has 0 spiro atoms. The van der Waals surface area contributed by atoms with Crippen LogP contribution in [0.3, 0.4) is 0 Å². The van der Waals surface area contributed by atoms with E-state index >= 15 is 0 Å². The number of hydrogen-bond donors (Lipinski definition) is 3. The minimum absolute atomic E-state index is 0.0448. The lowest BCUT2D eigenvalue weighted by Gasteiger charge is -2.27. The molecule has 8 nitrogen and oxygen atoms in total. The number of pyridine rings is 1. The SMILES string of the molecule is O=C(O)Nc1cc(C(F)(F)F)c2nc1-c1nnc(o1)C(O)(C(F)(F)F)CCCCCCC2. The zero-order valence-electron chi connectivity index (χ0n) is 16.3. The highest BCUT2D eigenvalue weighted by atomic mass is 19.4. The monoisotopic (exact) mass is 468 g/mol. The molecule has 3 N–H and O–H groups in total. The van der Waals surface area contributed by atoms with Crippen LogP contribution in [-0.2, 0) is 18.2 Å². The predicted molar refractivity (Wildman–Crippen MR) is 95.5 cm³/mol. The van der Waals surface area contributed by atoms with Gasteiger partial charge in [0.25, 0.3) is 11.8 Å². The first kappa shape index (κ1) is 23.8. The largest absolute Gasteiger partial charge is 0.465 e. The molecule has 0 fully saturated rings. The van der Waals surface area contributed by atoms with Crippen molar-refractivity contribution in [3.63, 3.8) is 0 Å². The summed E-state index contributed by atoms with van der Waals surface area (Å²) in [6, 6.07) is 0.484. The van der Waals surface area contributed by atoms with Gasteiger partial charge in [0.05, 0.1) is 16.9 Å². The van der Waals surface area contributed by atoms with E-state index in [1.807, 2.05) is 0 Å². The van der Waals surface area contributed by atoms with Crippen molar-refractivity contribution in [2.75, 3.05) is 5.32 Å². The molecule has 3 rings (SSSR count). The molecule has 32 heavy (non-hydrogen) atoms. The summed E-state index contributed by atoms with van der Waals surface area (Å²) in [5, 5.41) is 27.7. The molecule has 2 aromatic heterocycles. The first-order valence-corrected chi connectivity index (χ1v) is 9.57. The van der Waals surface area contributed by atoms with Crippen LogP contribution in [0.25, 0.3) is 11.6 Å². The fraction of sp³-hybridized carbons (Fsp3) is 0.556. The highest BCUT2D eigenvalue weighted by Gasteiger charge is 2.58. The van der Waals surface area contributed by atoms with Crippen molar-refractivity contribution in [2.24, 2.45) is 0 Å². The van der Waals surface area contributed by atoms with Gasteiger partial charge in [0.15, 0.2) is 5.69 Å². The van der Waals surface area contributed by atoms with E-state index in [-0.39, 0.29) is 19.3 Å². The number of nitrogens with zero attached hydrogens (tertiary/aromatic N) is 3. The summed E-state index contributed by atoms with van der Waals surface area (Å²) in [7, 11) is 0. The van der Waals surface area contributed by atoms with Crippen LogP contribution in [0.1, 0.15) is 55.7 Å². The number of hydrogen-bond acceptors (Lipinski definition) is 6. The molecule has 0 saturated heterocycles. The van der Waals surface area contributed by atoms with Crippen molar-refractivity contribution in [2.45, 2.75) is 62.9 Å². The Morgan fingerprint density at radius 2 is 1.72 bits per heavy atom. The van der Waals surface area contributed by atoms with Gasteiger partial charge in [0.1, 0.15) is 0 Å². The van der Waals surface area contributed by atoms with Crippen molar-refractivity contribution >= 4 is 11.8 Å². The molecule has 0 aromatic carbocycles. The van der Waals surface area contributed by atoms with Crippen LogP contribution >= 0.6 is 0 Å². The van der Waals surface area contributed by atoms with Gasteiger partial charge in [-0.05, 0) is 31.7 Å². The summed E-state index contributed by atoms with van der Waals surface area (Å²) >= 11 is 0. The Bertz CT molecular complexity index is 991. The standard InChI is InChI=1S/C18H18F6N4O4/c19-17(20,21)9-8-11(26-15(29)30)12-13-27-28-14(32-13)16(31,18(22,23)24)7-5-3-1-2-4-6-10(9)25-12/h8,26,31H,1-7H2,(H,29,30). The van der Waals surface area contributed by atoms with E-state index in [1.54, 1.807) is 5.32 Å². The van der Waals surface area contributed by atoms with Crippen LogP contribution in [-0.4, -0.2) is 37.7 Å². The Kier molecular flexibility index (Phi) is 6.36. The molecule has 3 heterocycles. The van der Waals surface area contributed by atoms with Gasteiger partial charge in [-0.3, -0.25) is 5.32 Å². The van der Waals surface area contributed by atoms with Crippen molar-refractivity contribution < 1.29 is 45.8 Å². The smallest absolute Gasteiger partial charge is 0.426 e. The van der Waals surface area contributed by atoms with Crippen LogP contribution in [0.2, 0.25) is 0 Å². The molecule has 1 atom stereocenters. The van der Waals surface area contributed by atoms with E-state index < -0.39 is 64.9 Å². The van der Waals surface area contributed by atoms with Crippen molar-refractivity contribution in [1.82, 2.24) is 15.2 Å². The van der Waals surface area contributed by atoms with Crippen molar-refractivity contribution in [3.8, 4) is 11.6 Å². The minimum atomic E-state index is -5.17. The third-order valence-electron chi connectivity index (χ3n) is 5.05. The summed E-state index contributed by atoms with van der Waals surface area (Å²) < 4.78 is 86.5. The van der Waals surface area contributed by atoms with Crippen LogP contribution in [0.15, 0.2) is 10.5 Å². The third-order valence-corrected chi connectivity index (χ3v) is 5.05. The number of fused-ring (bicyclic) bond motifs is 5. The van der Waals surface area contributed by atoms with Gasteiger partial charge in [-0.1, -0.05) is 19.3 Å². The number of aliphatic hydroxyl groups is 1. The number of nitrogens with one attached hydrogen (secondary N) is 1. The average Bonchev–Trinajstić information content (AvgIpc) is 3.15. The summed E-state index contributed by atoms with van der Waals surface area (Å²) in [6.07, 6.45) is -11.3. The summed E-state index contributed by atoms with van der Waals surface area (Å²) in [5.41, 5.74) is -6.38. The molecule has 1 amide bonds. The maximum Gasteiger partial charge on any atom is 0.426 e. The number of carbonyl (C=O) groups is 1. The molecule has 0 radical (unpaired) electrons. The molecule has 0 saturated carbocycles. The van der Waals surface area contributed by atoms with Gasteiger partial charge in [0.2, 0.25) is 5.60 Å². The number of rotatable bonds is 1. The quantitative estimate of drug-likeness (QED) is 0.510. The lowest BCUT2D eigenvalue weighted by Crippen LogP contribution is -2.42. The normalized spacial score (nSPS) is 20.5. The number of carboxylic acid groups (broad SMARTS) is 1. The van der Waals surface area contributed by atoms with Gasteiger partial charge >= 0.3 is 18.4 Å². The molecule has 4 bridgehead atoms. The number of amides is 1. The Balaban J connectivity index is 2.22. The number of halogens is 6. The fourth-order valence-electron chi connectivity index (χ4n) is 3.42. The predicted octanol–water partition coefficient (Wildman–Crippen LogP) is 4.89. The number of aryl methyl sites for hydroxylation is 1. The van der Waals surface area contributed by atoms with Crippen LogP contribution in [0.5, 0.6) is 0 Å². The first-order chi connectivity index (χ1) is 14.8. The van der Waals surface area contributed by atoms with Gasteiger partial charge in [-0.2, -0.15) is 26.3 Å². The van der Waals surface area contributed by atoms with Crippen molar-refractivity contribution in [3.05, 3.63) is 23.2 Å². The maximum absolute atomic E-state index is 13.6.